The predicted octanol–water partition coefficient (Wildman–Crippen LogP) is 3.58. The number of ether oxygens (including phenoxy) is 1. The Morgan fingerprint density at radius 3 is 2.75 bits per heavy atom. The van der Waals surface area contributed by atoms with E-state index in [1.165, 1.54) is 0 Å². The molecule has 1 N–H and O–H groups in total. The number of aromatic nitrogens is 2. The number of hydrogen-bond donors (Lipinski definition) is 1. The van der Waals surface area contributed by atoms with E-state index < -0.39 is 0 Å². The summed E-state index contributed by atoms with van der Waals surface area (Å²) in [6.45, 7) is 9.18. The van der Waals surface area contributed by atoms with Crippen molar-refractivity contribution in [1.82, 2.24) is 15.1 Å². The molecule has 5 heteroatoms. The van der Waals surface area contributed by atoms with Gasteiger partial charge in [0, 0.05) is 19.3 Å². The molecule has 1 unspecified atom stereocenters. The van der Waals surface area contributed by atoms with E-state index in [0.29, 0.717) is 12.0 Å². The van der Waals surface area contributed by atoms with Gasteiger partial charge in [-0.15, -0.1) is 0 Å². The van der Waals surface area contributed by atoms with E-state index in [1.807, 2.05) is 0 Å². The minimum absolute atomic E-state index is 0.274. The van der Waals surface area contributed by atoms with Crippen molar-refractivity contribution in [2.75, 3.05) is 19.8 Å². The number of hydrogen-bond acceptors (Lipinski definition) is 3. The molecule has 0 saturated carbocycles. The van der Waals surface area contributed by atoms with Gasteiger partial charge in [0.1, 0.15) is 0 Å². The molecule has 0 spiro atoms. The molecular weight excluding hydrogens is 274 g/mol. The van der Waals surface area contributed by atoms with Crippen LogP contribution in [0.15, 0.2) is 6.20 Å². The molecule has 4 nitrogen and oxygen atoms in total. The van der Waals surface area contributed by atoms with Gasteiger partial charge in [-0.1, -0.05) is 18.5 Å². The van der Waals surface area contributed by atoms with Crippen LogP contribution in [0.1, 0.15) is 57.8 Å². The fourth-order valence-corrected chi connectivity index (χ4v) is 3.14. The van der Waals surface area contributed by atoms with Gasteiger partial charge < -0.3 is 10.1 Å². The average Bonchev–Trinajstić information content (AvgIpc) is 2.83. The normalized spacial score (nSPS) is 18.6. The highest BCUT2D eigenvalue weighted by atomic mass is 35.5. The molecule has 1 aromatic heterocycles. The fourth-order valence-electron chi connectivity index (χ4n) is 2.89. The Balaban J connectivity index is 2.27. The molecule has 0 radical (unpaired) electrons. The van der Waals surface area contributed by atoms with Crippen LogP contribution in [0.3, 0.4) is 0 Å². The SMILES string of the molecule is CCCNC(c1c(Cl)cnn1C(C)C)C1CCOCC1. The quantitative estimate of drug-likeness (QED) is 0.872. The number of nitrogens with one attached hydrogen (secondary N) is 1. The van der Waals surface area contributed by atoms with Crippen LogP contribution < -0.4 is 5.32 Å². The van der Waals surface area contributed by atoms with Gasteiger partial charge in [0.2, 0.25) is 0 Å². The van der Waals surface area contributed by atoms with Crippen LogP contribution in [0.5, 0.6) is 0 Å². The summed E-state index contributed by atoms with van der Waals surface area (Å²) >= 11 is 6.43. The molecule has 0 bridgehead atoms. The van der Waals surface area contributed by atoms with Crippen LogP contribution in [0.25, 0.3) is 0 Å². The third kappa shape index (κ3) is 3.54. The maximum absolute atomic E-state index is 6.43. The Hall–Kier alpha value is -0.580. The summed E-state index contributed by atoms with van der Waals surface area (Å²) in [5.41, 5.74) is 1.14. The van der Waals surface area contributed by atoms with E-state index >= 15 is 0 Å². The molecule has 20 heavy (non-hydrogen) atoms. The summed E-state index contributed by atoms with van der Waals surface area (Å²) in [5, 5.41) is 8.91. The second kappa shape index (κ2) is 7.43. The Labute approximate surface area is 126 Å². The molecule has 1 atom stereocenters. The lowest BCUT2D eigenvalue weighted by Crippen LogP contribution is -2.34. The summed E-state index contributed by atoms with van der Waals surface area (Å²) in [7, 11) is 0. The lowest BCUT2D eigenvalue weighted by Gasteiger charge is -2.32. The van der Waals surface area contributed by atoms with Gasteiger partial charge in [-0.25, -0.2) is 0 Å². The zero-order valence-corrected chi connectivity index (χ0v) is 13.5. The fraction of sp³-hybridized carbons (Fsp3) is 0.800. The zero-order valence-electron chi connectivity index (χ0n) is 12.7. The van der Waals surface area contributed by atoms with Crippen LogP contribution in [-0.4, -0.2) is 29.5 Å². The lowest BCUT2D eigenvalue weighted by atomic mass is 9.89. The molecule has 0 amide bonds. The highest BCUT2D eigenvalue weighted by Gasteiger charge is 2.30. The maximum Gasteiger partial charge on any atom is 0.0834 e. The topological polar surface area (TPSA) is 39.1 Å². The minimum atomic E-state index is 0.274. The molecule has 0 aromatic carbocycles. The Bertz CT molecular complexity index is 413. The van der Waals surface area contributed by atoms with Crippen molar-refractivity contribution >= 4 is 11.6 Å². The van der Waals surface area contributed by atoms with Crippen molar-refractivity contribution in [3.05, 3.63) is 16.9 Å². The third-order valence-corrected chi connectivity index (χ3v) is 4.21. The first-order valence-electron chi connectivity index (χ1n) is 7.69. The van der Waals surface area contributed by atoms with Crippen LogP contribution >= 0.6 is 11.6 Å². The molecule has 0 aliphatic carbocycles. The first-order valence-corrected chi connectivity index (χ1v) is 8.07. The standard InChI is InChI=1S/C15H26ClN3O/c1-4-7-17-14(12-5-8-20-9-6-12)15-13(16)10-18-19(15)11(2)3/h10-12,14,17H,4-9H2,1-3H3. The van der Waals surface area contributed by atoms with Crippen molar-refractivity contribution in [1.29, 1.82) is 0 Å². The first kappa shape index (κ1) is 15.8. The summed E-state index contributed by atoms with van der Waals surface area (Å²) in [6.07, 6.45) is 5.06. The second-order valence-corrected chi connectivity index (χ2v) is 6.20. The largest absolute Gasteiger partial charge is 0.381 e. The number of rotatable bonds is 6. The molecule has 1 aliphatic heterocycles. The van der Waals surface area contributed by atoms with Gasteiger partial charge in [-0.3, -0.25) is 4.68 Å². The molecule has 1 aliphatic rings. The van der Waals surface area contributed by atoms with E-state index in [-0.39, 0.29) is 6.04 Å². The Morgan fingerprint density at radius 1 is 1.45 bits per heavy atom. The number of halogens is 1. The Morgan fingerprint density at radius 2 is 2.15 bits per heavy atom. The van der Waals surface area contributed by atoms with Crippen LogP contribution in [0.4, 0.5) is 0 Å². The van der Waals surface area contributed by atoms with Crippen LogP contribution in [0.2, 0.25) is 5.02 Å². The third-order valence-electron chi connectivity index (χ3n) is 3.92. The molecule has 2 rings (SSSR count). The molecule has 1 saturated heterocycles. The summed E-state index contributed by atoms with van der Waals surface area (Å²) in [4.78, 5) is 0. The number of nitrogens with zero attached hydrogens (tertiary/aromatic N) is 2. The van der Waals surface area contributed by atoms with Crippen molar-refractivity contribution in [2.45, 2.75) is 52.1 Å². The molecule has 1 fully saturated rings. The first-order chi connectivity index (χ1) is 9.65. The van der Waals surface area contributed by atoms with Gasteiger partial charge in [-0.2, -0.15) is 5.10 Å². The van der Waals surface area contributed by atoms with Gasteiger partial charge in [0.05, 0.1) is 23.0 Å². The zero-order chi connectivity index (χ0) is 14.5. The van der Waals surface area contributed by atoms with E-state index in [4.69, 9.17) is 16.3 Å². The smallest absolute Gasteiger partial charge is 0.0834 e. The van der Waals surface area contributed by atoms with Crippen LogP contribution in [-0.2, 0) is 4.74 Å². The van der Waals surface area contributed by atoms with E-state index in [2.05, 4.69) is 35.9 Å². The Kier molecular flexibility index (Phi) is 5.87. The highest BCUT2D eigenvalue weighted by molar-refractivity contribution is 6.31. The van der Waals surface area contributed by atoms with Gasteiger partial charge in [0.15, 0.2) is 0 Å². The van der Waals surface area contributed by atoms with Crippen molar-refractivity contribution in [3.63, 3.8) is 0 Å². The molecule has 1 aromatic rings. The average molecular weight is 300 g/mol. The van der Waals surface area contributed by atoms with Gasteiger partial charge >= 0.3 is 0 Å². The van der Waals surface area contributed by atoms with E-state index in [9.17, 15) is 0 Å². The van der Waals surface area contributed by atoms with Crippen LogP contribution in [0, 0.1) is 5.92 Å². The molecule has 114 valence electrons. The van der Waals surface area contributed by atoms with Crippen molar-refractivity contribution in [2.24, 2.45) is 5.92 Å². The summed E-state index contributed by atoms with van der Waals surface area (Å²) in [6, 6.07) is 0.597. The second-order valence-electron chi connectivity index (χ2n) is 5.80. The molecule has 2 heterocycles. The summed E-state index contributed by atoms with van der Waals surface area (Å²) < 4.78 is 7.56. The van der Waals surface area contributed by atoms with Crippen molar-refractivity contribution in [3.8, 4) is 0 Å². The lowest BCUT2D eigenvalue weighted by molar-refractivity contribution is 0.0523. The van der Waals surface area contributed by atoms with Gasteiger partial charge in [0.25, 0.3) is 0 Å². The summed E-state index contributed by atoms with van der Waals surface area (Å²) in [5.74, 6) is 0.571. The minimum Gasteiger partial charge on any atom is -0.381 e. The monoisotopic (exact) mass is 299 g/mol. The maximum atomic E-state index is 6.43. The predicted molar refractivity (Wildman–Crippen MR) is 82.2 cm³/mol. The highest BCUT2D eigenvalue weighted by Crippen LogP contribution is 2.35. The van der Waals surface area contributed by atoms with E-state index in [0.717, 1.165) is 49.7 Å². The van der Waals surface area contributed by atoms with E-state index in [1.54, 1.807) is 6.20 Å². The van der Waals surface area contributed by atoms with Gasteiger partial charge in [-0.05, 0) is 45.6 Å². The molecular formula is C15H26ClN3O. The van der Waals surface area contributed by atoms with Crippen molar-refractivity contribution < 1.29 is 4.74 Å².